The number of hydrogen-bond acceptors (Lipinski definition) is 6. The van der Waals surface area contributed by atoms with Gasteiger partial charge in [-0.15, -0.1) is 0 Å². The van der Waals surface area contributed by atoms with Gasteiger partial charge in [-0.25, -0.2) is 0 Å². The van der Waals surface area contributed by atoms with E-state index in [9.17, 15) is 9.59 Å². The predicted molar refractivity (Wildman–Crippen MR) is 108 cm³/mol. The summed E-state index contributed by atoms with van der Waals surface area (Å²) in [5.41, 5.74) is 1.81. The van der Waals surface area contributed by atoms with Gasteiger partial charge in [-0.1, -0.05) is 60.7 Å². The number of carbonyl (C=O) groups is 2. The molecule has 0 unspecified atom stereocenters. The highest BCUT2D eigenvalue weighted by atomic mass is 16.8. The number of carbonyl (C=O) groups excluding carboxylic acids is 2. The lowest BCUT2D eigenvalue weighted by atomic mass is 9.98. The van der Waals surface area contributed by atoms with E-state index in [1.165, 1.54) is 13.8 Å². The molecule has 6 nitrogen and oxygen atoms in total. The van der Waals surface area contributed by atoms with E-state index in [0.29, 0.717) is 6.61 Å². The second-order valence-electron chi connectivity index (χ2n) is 7.39. The molecule has 2 aliphatic rings. The van der Waals surface area contributed by atoms with Gasteiger partial charge in [0.1, 0.15) is 18.3 Å². The van der Waals surface area contributed by atoms with Gasteiger partial charge in [0.2, 0.25) is 0 Å². The Balaban J connectivity index is 1.65. The summed E-state index contributed by atoms with van der Waals surface area (Å²) < 4.78 is 24.4. The molecule has 0 N–H and O–H groups in total. The van der Waals surface area contributed by atoms with Crippen molar-refractivity contribution in [2.45, 2.75) is 44.7 Å². The van der Waals surface area contributed by atoms with Gasteiger partial charge in [0.15, 0.2) is 24.1 Å². The summed E-state index contributed by atoms with van der Waals surface area (Å²) in [4.78, 5) is 24.0. The molecule has 156 valence electrons. The zero-order valence-corrected chi connectivity index (χ0v) is 16.9. The molecule has 0 amide bonds. The zero-order valence-electron chi connectivity index (χ0n) is 16.9. The molecule has 0 aliphatic carbocycles. The van der Waals surface area contributed by atoms with E-state index in [-0.39, 0.29) is 17.1 Å². The molecule has 2 aromatic carbocycles. The Morgan fingerprint density at radius 1 is 0.800 bits per heavy atom. The second-order valence-corrected chi connectivity index (χ2v) is 7.39. The van der Waals surface area contributed by atoms with Crippen LogP contribution in [0.3, 0.4) is 0 Å². The lowest BCUT2D eigenvalue weighted by Gasteiger charge is -2.45. The molecule has 0 radical (unpaired) electrons. The fraction of sp³-hybridized carbons (Fsp3) is 0.333. The topological polar surface area (TPSA) is 71.1 Å². The van der Waals surface area contributed by atoms with Crippen LogP contribution in [0.4, 0.5) is 0 Å². The minimum Gasteiger partial charge on any atom is -0.346 e. The summed E-state index contributed by atoms with van der Waals surface area (Å²) in [6.45, 7) is 3.05. The molecule has 0 spiro atoms. The normalized spacial score (nSPS) is 28.3. The maximum absolute atomic E-state index is 12.0. The first-order valence-electron chi connectivity index (χ1n) is 9.94. The number of ether oxygens (including phenoxy) is 4. The number of hydrogen-bond donors (Lipinski definition) is 0. The number of ketones is 2. The molecule has 2 fully saturated rings. The summed E-state index contributed by atoms with van der Waals surface area (Å²) in [5, 5.41) is 0. The van der Waals surface area contributed by atoms with E-state index < -0.39 is 30.9 Å². The highest BCUT2D eigenvalue weighted by Crippen LogP contribution is 2.38. The van der Waals surface area contributed by atoms with E-state index >= 15 is 0 Å². The highest BCUT2D eigenvalue weighted by Gasteiger charge is 2.45. The van der Waals surface area contributed by atoms with Crippen molar-refractivity contribution < 1.29 is 28.5 Å². The van der Waals surface area contributed by atoms with Gasteiger partial charge in [-0.05, 0) is 19.9 Å². The average molecular weight is 408 g/mol. The lowest BCUT2D eigenvalue weighted by Crippen LogP contribution is -2.53. The smallest absolute Gasteiger partial charge is 0.185 e. The molecule has 2 heterocycles. The van der Waals surface area contributed by atoms with Gasteiger partial charge >= 0.3 is 0 Å². The molecule has 5 atom stereocenters. The van der Waals surface area contributed by atoms with E-state index in [1.54, 1.807) is 6.08 Å². The molecule has 0 aromatic heterocycles. The SMILES string of the molecule is CC(=O)C(=C[C@@H]1O[C@H](c2ccccc2)O[C@@H]2CO[C@@H](c3ccccc3)O[C@@H]12)C(C)=O. The van der Waals surface area contributed by atoms with Crippen LogP contribution in [0.1, 0.15) is 37.6 Å². The third-order valence-electron chi connectivity index (χ3n) is 5.19. The van der Waals surface area contributed by atoms with Crippen LogP contribution in [0.2, 0.25) is 0 Å². The number of benzene rings is 2. The maximum Gasteiger partial charge on any atom is 0.185 e. The molecule has 6 heteroatoms. The Labute approximate surface area is 175 Å². The Kier molecular flexibility index (Phi) is 6.20. The summed E-state index contributed by atoms with van der Waals surface area (Å²) in [7, 11) is 0. The lowest BCUT2D eigenvalue weighted by molar-refractivity contribution is -0.356. The zero-order chi connectivity index (χ0) is 21.1. The van der Waals surface area contributed by atoms with Crippen molar-refractivity contribution >= 4 is 11.6 Å². The van der Waals surface area contributed by atoms with Crippen LogP contribution >= 0.6 is 0 Å². The number of allylic oxidation sites excluding steroid dienone is 1. The number of rotatable bonds is 5. The highest BCUT2D eigenvalue weighted by molar-refractivity contribution is 6.18. The van der Waals surface area contributed by atoms with E-state index in [0.717, 1.165) is 11.1 Å². The van der Waals surface area contributed by atoms with Crippen LogP contribution in [0.15, 0.2) is 72.3 Å². The molecular formula is C24H24O6. The van der Waals surface area contributed by atoms with Gasteiger partial charge in [0.05, 0.1) is 12.2 Å². The Morgan fingerprint density at radius 3 is 1.93 bits per heavy atom. The van der Waals surface area contributed by atoms with E-state index in [2.05, 4.69) is 0 Å². The van der Waals surface area contributed by atoms with Crippen molar-refractivity contribution in [3.63, 3.8) is 0 Å². The molecule has 2 aliphatic heterocycles. The van der Waals surface area contributed by atoms with Crippen molar-refractivity contribution in [3.8, 4) is 0 Å². The van der Waals surface area contributed by atoms with Crippen molar-refractivity contribution in [2.24, 2.45) is 0 Å². The Bertz CT molecular complexity index is 907. The first-order valence-corrected chi connectivity index (χ1v) is 9.94. The van der Waals surface area contributed by atoms with Crippen molar-refractivity contribution in [1.82, 2.24) is 0 Å². The Hall–Kier alpha value is -2.64. The van der Waals surface area contributed by atoms with Gasteiger partial charge in [-0.2, -0.15) is 0 Å². The van der Waals surface area contributed by atoms with Gasteiger partial charge in [0, 0.05) is 11.1 Å². The van der Waals surface area contributed by atoms with Crippen LogP contribution in [0, 0.1) is 0 Å². The summed E-state index contributed by atoms with van der Waals surface area (Å²) >= 11 is 0. The third kappa shape index (κ3) is 4.42. The summed E-state index contributed by atoms with van der Waals surface area (Å²) in [6, 6.07) is 19.1. The number of fused-ring (bicyclic) bond motifs is 1. The standard InChI is InChI=1S/C24H24O6/c1-15(25)19(16(2)26)13-20-22-21(29-24(28-20)18-11-7-4-8-12-18)14-27-23(30-22)17-9-5-3-6-10-17/h3-13,20-24H,14H2,1-2H3/t20-,21+,22-,23+,24-/m0/s1. The second kappa shape index (κ2) is 9.02. The monoisotopic (exact) mass is 408 g/mol. The van der Waals surface area contributed by atoms with Crippen LogP contribution < -0.4 is 0 Å². The molecular weight excluding hydrogens is 384 g/mol. The summed E-state index contributed by atoms with van der Waals surface area (Å²) in [6.07, 6.45) is -1.26. The van der Waals surface area contributed by atoms with Gasteiger partial charge in [0.25, 0.3) is 0 Å². The van der Waals surface area contributed by atoms with E-state index in [4.69, 9.17) is 18.9 Å². The van der Waals surface area contributed by atoms with Gasteiger partial charge in [-0.3, -0.25) is 9.59 Å². The largest absolute Gasteiger partial charge is 0.346 e. The van der Waals surface area contributed by atoms with Crippen LogP contribution in [0.25, 0.3) is 0 Å². The third-order valence-corrected chi connectivity index (χ3v) is 5.19. The number of Topliss-reactive ketones (excluding diaryl/α,β-unsaturated/α-hetero) is 2. The molecule has 2 saturated heterocycles. The van der Waals surface area contributed by atoms with Crippen molar-refractivity contribution in [3.05, 3.63) is 83.4 Å². The molecule has 4 rings (SSSR count). The molecule has 0 bridgehead atoms. The van der Waals surface area contributed by atoms with Gasteiger partial charge < -0.3 is 18.9 Å². The van der Waals surface area contributed by atoms with Crippen LogP contribution in [0.5, 0.6) is 0 Å². The quantitative estimate of drug-likeness (QED) is 0.427. The fourth-order valence-electron chi connectivity index (χ4n) is 3.70. The first kappa shape index (κ1) is 20.6. The van der Waals surface area contributed by atoms with Crippen molar-refractivity contribution in [2.75, 3.05) is 6.61 Å². The van der Waals surface area contributed by atoms with Crippen LogP contribution in [-0.2, 0) is 28.5 Å². The fourth-order valence-corrected chi connectivity index (χ4v) is 3.70. The molecule has 0 saturated carbocycles. The maximum atomic E-state index is 12.0. The predicted octanol–water partition coefficient (Wildman–Crippen LogP) is 3.69. The minimum absolute atomic E-state index is 0.0961. The van der Waals surface area contributed by atoms with E-state index in [1.807, 2.05) is 60.7 Å². The molecule has 30 heavy (non-hydrogen) atoms. The Morgan fingerprint density at radius 2 is 1.37 bits per heavy atom. The first-order chi connectivity index (χ1) is 14.5. The van der Waals surface area contributed by atoms with Crippen molar-refractivity contribution in [1.29, 1.82) is 0 Å². The average Bonchev–Trinajstić information content (AvgIpc) is 2.77. The molecule has 2 aromatic rings. The summed E-state index contributed by atoms with van der Waals surface area (Å²) in [5.74, 6) is -0.617. The minimum atomic E-state index is -0.658. The van der Waals surface area contributed by atoms with Crippen LogP contribution in [-0.4, -0.2) is 36.5 Å².